The van der Waals surface area contributed by atoms with E-state index in [1.54, 1.807) is 0 Å². The first-order chi connectivity index (χ1) is 5.15. The molecule has 0 unspecified atom stereocenters. The van der Waals surface area contributed by atoms with Crippen molar-refractivity contribution < 1.29 is 0 Å². The van der Waals surface area contributed by atoms with Gasteiger partial charge >= 0.3 is 0 Å². The van der Waals surface area contributed by atoms with Crippen LogP contribution in [0.2, 0.25) is 0 Å². The lowest BCUT2D eigenvalue weighted by atomic mass is 9.96. The summed E-state index contributed by atoms with van der Waals surface area (Å²) in [6.07, 6.45) is 2.78. The van der Waals surface area contributed by atoms with Crippen LogP contribution < -0.4 is 0 Å². The lowest BCUT2D eigenvalue weighted by Gasteiger charge is -2.22. The first kappa shape index (κ1) is 9.05. The fourth-order valence-corrected chi connectivity index (χ4v) is 2.22. The maximum atomic E-state index is 2.53. The normalized spacial score (nSPS) is 33.5. The lowest BCUT2D eigenvalue weighted by molar-refractivity contribution is 0.249. The van der Waals surface area contributed by atoms with Crippen molar-refractivity contribution in [3.8, 4) is 0 Å². The molecule has 0 bridgehead atoms. The molecule has 1 aliphatic heterocycles. The fourth-order valence-electron chi connectivity index (χ4n) is 2.22. The summed E-state index contributed by atoms with van der Waals surface area (Å²) >= 11 is 0. The molecule has 1 saturated heterocycles. The summed E-state index contributed by atoms with van der Waals surface area (Å²) in [5.74, 6) is 1.80. The van der Waals surface area contributed by atoms with E-state index in [4.69, 9.17) is 0 Å². The molecule has 0 saturated carbocycles. The summed E-state index contributed by atoms with van der Waals surface area (Å²) in [7, 11) is 2.26. The van der Waals surface area contributed by atoms with Gasteiger partial charge in [-0.2, -0.15) is 0 Å². The van der Waals surface area contributed by atoms with E-state index in [-0.39, 0.29) is 0 Å². The van der Waals surface area contributed by atoms with Gasteiger partial charge in [0.1, 0.15) is 0 Å². The zero-order chi connectivity index (χ0) is 8.43. The average molecular weight is 155 g/mol. The van der Waals surface area contributed by atoms with E-state index in [1.807, 2.05) is 0 Å². The van der Waals surface area contributed by atoms with Crippen LogP contribution in [0.25, 0.3) is 0 Å². The van der Waals surface area contributed by atoms with E-state index in [0.717, 1.165) is 17.9 Å². The first-order valence-corrected chi connectivity index (χ1v) is 4.85. The Morgan fingerprint density at radius 2 is 2.09 bits per heavy atom. The van der Waals surface area contributed by atoms with Gasteiger partial charge in [-0.25, -0.2) is 0 Å². The summed E-state index contributed by atoms with van der Waals surface area (Å²) < 4.78 is 0. The van der Waals surface area contributed by atoms with Gasteiger partial charge in [-0.1, -0.05) is 27.2 Å². The number of rotatable bonds is 2. The highest BCUT2D eigenvalue weighted by Gasteiger charge is 2.29. The van der Waals surface area contributed by atoms with E-state index in [2.05, 4.69) is 32.7 Å². The quantitative estimate of drug-likeness (QED) is 0.592. The van der Waals surface area contributed by atoms with Crippen molar-refractivity contribution in [3.05, 3.63) is 0 Å². The Labute approximate surface area is 70.8 Å². The predicted octanol–water partition coefficient (Wildman–Crippen LogP) is 2.37. The van der Waals surface area contributed by atoms with Crippen molar-refractivity contribution in [2.75, 3.05) is 13.6 Å². The molecule has 1 fully saturated rings. The third kappa shape index (κ3) is 1.96. The molecule has 0 radical (unpaired) electrons. The van der Waals surface area contributed by atoms with Crippen LogP contribution >= 0.6 is 0 Å². The zero-order valence-electron chi connectivity index (χ0n) is 8.30. The maximum absolute atomic E-state index is 2.53. The first-order valence-electron chi connectivity index (χ1n) is 4.85. The van der Waals surface area contributed by atoms with Gasteiger partial charge < -0.3 is 4.90 Å². The minimum atomic E-state index is 0.830. The van der Waals surface area contributed by atoms with Gasteiger partial charge in [-0.3, -0.25) is 0 Å². The summed E-state index contributed by atoms with van der Waals surface area (Å²) in [6, 6.07) is 0.847. The third-order valence-electron chi connectivity index (χ3n) is 3.03. The molecule has 1 nitrogen and oxygen atoms in total. The number of likely N-dealkylation sites (tertiary alicyclic amines) is 1. The third-order valence-corrected chi connectivity index (χ3v) is 3.03. The molecular weight excluding hydrogens is 134 g/mol. The van der Waals surface area contributed by atoms with Crippen LogP contribution in [0.1, 0.15) is 33.6 Å². The second-order valence-corrected chi connectivity index (χ2v) is 4.26. The Balaban J connectivity index is 2.45. The van der Waals surface area contributed by atoms with Crippen molar-refractivity contribution in [1.82, 2.24) is 4.90 Å². The minimum absolute atomic E-state index is 0.830. The summed E-state index contributed by atoms with van der Waals surface area (Å²) in [4.78, 5) is 2.53. The molecule has 1 heteroatoms. The number of hydrogen-bond donors (Lipinski definition) is 0. The van der Waals surface area contributed by atoms with Gasteiger partial charge in [0.05, 0.1) is 0 Å². The molecule has 1 rings (SSSR count). The molecule has 0 aromatic carbocycles. The van der Waals surface area contributed by atoms with Crippen molar-refractivity contribution in [1.29, 1.82) is 0 Å². The maximum Gasteiger partial charge on any atom is 0.0118 e. The molecule has 0 aliphatic carbocycles. The largest absolute Gasteiger partial charge is 0.303 e. The standard InChI is InChI=1S/C10H21N/c1-5-9-6-10(8(2)3)11(4)7-9/h8-10H,5-7H2,1-4H3/t9-,10-/m0/s1. The SMILES string of the molecule is CC[C@H]1C[C@@H](C(C)C)N(C)C1. The second-order valence-electron chi connectivity index (χ2n) is 4.26. The van der Waals surface area contributed by atoms with Crippen molar-refractivity contribution >= 4 is 0 Å². The molecule has 66 valence electrons. The van der Waals surface area contributed by atoms with Gasteiger partial charge in [0.25, 0.3) is 0 Å². The molecule has 1 aliphatic rings. The monoisotopic (exact) mass is 155 g/mol. The van der Waals surface area contributed by atoms with E-state index in [0.29, 0.717) is 0 Å². The molecule has 2 atom stereocenters. The van der Waals surface area contributed by atoms with Crippen LogP contribution in [0.3, 0.4) is 0 Å². The predicted molar refractivity (Wildman–Crippen MR) is 49.7 cm³/mol. The Morgan fingerprint density at radius 1 is 1.45 bits per heavy atom. The van der Waals surface area contributed by atoms with E-state index >= 15 is 0 Å². The fraction of sp³-hybridized carbons (Fsp3) is 1.00. The van der Waals surface area contributed by atoms with Crippen LogP contribution in [-0.2, 0) is 0 Å². The van der Waals surface area contributed by atoms with E-state index < -0.39 is 0 Å². The van der Waals surface area contributed by atoms with Crippen LogP contribution in [0, 0.1) is 11.8 Å². The Hall–Kier alpha value is -0.0400. The molecule has 0 aromatic heterocycles. The summed E-state index contributed by atoms with van der Waals surface area (Å²) in [5, 5.41) is 0. The Bertz CT molecular complexity index is 120. The summed E-state index contributed by atoms with van der Waals surface area (Å²) in [5.41, 5.74) is 0. The van der Waals surface area contributed by atoms with Crippen LogP contribution in [-0.4, -0.2) is 24.5 Å². The van der Waals surface area contributed by atoms with Gasteiger partial charge in [0.15, 0.2) is 0 Å². The summed E-state index contributed by atoms with van der Waals surface area (Å²) in [6.45, 7) is 8.29. The Kier molecular flexibility index (Phi) is 2.94. The molecule has 0 N–H and O–H groups in total. The molecular formula is C10H21N. The van der Waals surface area contributed by atoms with Crippen molar-refractivity contribution in [2.24, 2.45) is 11.8 Å². The highest BCUT2D eigenvalue weighted by atomic mass is 15.2. The van der Waals surface area contributed by atoms with Gasteiger partial charge in [0, 0.05) is 12.6 Å². The highest BCUT2D eigenvalue weighted by Crippen LogP contribution is 2.28. The topological polar surface area (TPSA) is 3.24 Å². The Morgan fingerprint density at radius 3 is 2.36 bits per heavy atom. The van der Waals surface area contributed by atoms with Crippen LogP contribution in [0.15, 0.2) is 0 Å². The van der Waals surface area contributed by atoms with Crippen molar-refractivity contribution in [2.45, 2.75) is 39.7 Å². The molecule has 0 spiro atoms. The second kappa shape index (κ2) is 3.57. The van der Waals surface area contributed by atoms with E-state index in [1.165, 1.54) is 19.4 Å². The molecule has 0 amide bonds. The molecule has 0 aromatic rings. The minimum Gasteiger partial charge on any atom is -0.303 e. The zero-order valence-corrected chi connectivity index (χ0v) is 8.30. The van der Waals surface area contributed by atoms with Crippen LogP contribution in [0.4, 0.5) is 0 Å². The smallest absolute Gasteiger partial charge is 0.0118 e. The van der Waals surface area contributed by atoms with Crippen molar-refractivity contribution in [3.63, 3.8) is 0 Å². The van der Waals surface area contributed by atoms with Gasteiger partial charge in [0.2, 0.25) is 0 Å². The molecule has 11 heavy (non-hydrogen) atoms. The number of hydrogen-bond acceptors (Lipinski definition) is 1. The van der Waals surface area contributed by atoms with Gasteiger partial charge in [-0.15, -0.1) is 0 Å². The van der Waals surface area contributed by atoms with Gasteiger partial charge in [-0.05, 0) is 25.3 Å². The molecule has 1 heterocycles. The highest BCUT2D eigenvalue weighted by molar-refractivity contribution is 4.84. The average Bonchev–Trinajstić information content (AvgIpc) is 2.30. The number of nitrogens with zero attached hydrogens (tertiary/aromatic N) is 1. The van der Waals surface area contributed by atoms with E-state index in [9.17, 15) is 0 Å². The lowest BCUT2D eigenvalue weighted by Crippen LogP contribution is -2.29. The van der Waals surface area contributed by atoms with Crippen LogP contribution in [0.5, 0.6) is 0 Å².